The van der Waals surface area contributed by atoms with Crippen LogP contribution in [0.15, 0.2) is 48.6 Å². The molecular weight excluding hydrogens is 326 g/mol. The number of allylic oxidation sites excluding steroid dienone is 3. The molecule has 140 valence electrons. The van der Waals surface area contributed by atoms with Crippen molar-refractivity contribution in [2.24, 2.45) is 0 Å². The summed E-state index contributed by atoms with van der Waals surface area (Å²) in [7, 11) is 1.38. The van der Waals surface area contributed by atoms with Crippen LogP contribution in [0, 0.1) is 0 Å². The molecule has 4 nitrogen and oxygen atoms in total. The number of methoxy groups -OCH3 is 1. The molecule has 1 amide bonds. The van der Waals surface area contributed by atoms with E-state index in [0.29, 0.717) is 18.5 Å². The number of rotatable bonds is 9. The van der Waals surface area contributed by atoms with Crippen molar-refractivity contribution in [3.8, 4) is 0 Å². The summed E-state index contributed by atoms with van der Waals surface area (Å²) >= 11 is 0. The second-order valence-corrected chi connectivity index (χ2v) is 6.59. The fraction of sp³-hybridized carbons (Fsp3) is 0.455. The van der Waals surface area contributed by atoms with Gasteiger partial charge in [-0.05, 0) is 37.0 Å². The van der Waals surface area contributed by atoms with Crippen molar-refractivity contribution < 1.29 is 14.3 Å². The van der Waals surface area contributed by atoms with Gasteiger partial charge in [-0.1, -0.05) is 56.2 Å². The molecule has 1 fully saturated rings. The molecule has 1 saturated heterocycles. The van der Waals surface area contributed by atoms with E-state index in [-0.39, 0.29) is 17.9 Å². The third kappa shape index (κ3) is 5.87. The predicted octanol–water partition coefficient (Wildman–Crippen LogP) is 4.31. The average molecular weight is 355 g/mol. The minimum atomic E-state index is -0.330. The van der Waals surface area contributed by atoms with Crippen LogP contribution in [-0.4, -0.2) is 36.5 Å². The highest BCUT2D eigenvalue weighted by molar-refractivity contribution is 5.89. The Morgan fingerprint density at radius 1 is 1.27 bits per heavy atom. The summed E-state index contributed by atoms with van der Waals surface area (Å²) in [4.78, 5) is 25.6. The van der Waals surface area contributed by atoms with E-state index in [4.69, 9.17) is 4.74 Å². The molecule has 1 aromatic rings. The molecule has 1 heterocycles. The van der Waals surface area contributed by atoms with Crippen LogP contribution in [0.25, 0.3) is 0 Å². The Bertz CT molecular complexity index is 646. The maximum atomic E-state index is 12.2. The molecule has 4 heteroatoms. The van der Waals surface area contributed by atoms with E-state index in [2.05, 4.69) is 31.2 Å². The lowest BCUT2D eigenvalue weighted by Gasteiger charge is -2.22. The van der Waals surface area contributed by atoms with Crippen molar-refractivity contribution in [3.63, 3.8) is 0 Å². The fourth-order valence-electron chi connectivity index (χ4n) is 3.11. The summed E-state index contributed by atoms with van der Waals surface area (Å²) in [6.45, 7) is 2.89. The first-order chi connectivity index (χ1) is 12.7. The van der Waals surface area contributed by atoms with Crippen molar-refractivity contribution >= 4 is 11.9 Å². The standard InChI is InChI=1S/C22H29NO3/c1-3-4-5-6-7-8-9-20-14-15-21(24)23(20)17-16-18-10-12-19(13-11-18)22(25)26-2/h6-13,20H,3-5,14-17H2,1-2H3/b7-6+,9-8+/t20-/m0/s1. The molecule has 1 aliphatic heterocycles. The number of nitrogens with zero attached hydrogens (tertiary/aromatic N) is 1. The van der Waals surface area contributed by atoms with Crippen LogP contribution in [-0.2, 0) is 16.0 Å². The van der Waals surface area contributed by atoms with Gasteiger partial charge in [0.05, 0.1) is 18.7 Å². The highest BCUT2D eigenvalue weighted by Gasteiger charge is 2.28. The van der Waals surface area contributed by atoms with Crippen LogP contribution < -0.4 is 0 Å². The molecule has 1 aliphatic rings. The molecule has 0 radical (unpaired) electrons. The zero-order valence-corrected chi connectivity index (χ0v) is 15.8. The van der Waals surface area contributed by atoms with E-state index in [1.54, 1.807) is 12.1 Å². The second kappa shape index (κ2) is 10.6. The van der Waals surface area contributed by atoms with E-state index in [1.165, 1.54) is 20.0 Å². The zero-order chi connectivity index (χ0) is 18.8. The lowest BCUT2D eigenvalue weighted by atomic mass is 10.1. The van der Waals surface area contributed by atoms with Gasteiger partial charge in [-0.2, -0.15) is 0 Å². The smallest absolute Gasteiger partial charge is 0.337 e. The van der Waals surface area contributed by atoms with E-state index in [9.17, 15) is 9.59 Å². The Kier molecular flexibility index (Phi) is 8.13. The van der Waals surface area contributed by atoms with Gasteiger partial charge in [-0.25, -0.2) is 4.79 Å². The molecule has 0 bridgehead atoms. The number of likely N-dealkylation sites (tertiary alicyclic amines) is 1. The summed E-state index contributed by atoms with van der Waals surface area (Å²) in [6, 6.07) is 7.58. The molecule has 26 heavy (non-hydrogen) atoms. The third-order valence-corrected chi connectivity index (χ3v) is 4.70. The minimum Gasteiger partial charge on any atom is -0.465 e. The van der Waals surface area contributed by atoms with Crippen molar-refractivity contribution in [2.45, 2.75) is 51.5 Å². The number of ether oxygens (including phenoxy) is 1. The van der Waals surface area contributed by atoms with Crippen LogP contribution >= 0.6 is 0 Å². The first kappa shape index (κ1) is 20.0. The van der Waals surface area contributed by atoms with E-state index < -0.39 is 0 Å². The molecule has 2 rings (SSSR count). The lowest BCUT2D eigenvalue weighted by molar-refractivity contribution is -0.128. The van der Waals surface area contributed by atoms with Gasteiger partial charge in [0.2, 0.25) is 5.91 Å². The second-order valence-electron chi connectivity index (χ2n) is 6.59. The Balaban J connectivity index is 1.87. The number of benzene rings is 1. The Hall–Kier alpha value is -2.36. The topological polar surface area (TPSA) is 46.6 Å². The number of hydrogen-bond acceptors (Lipinski definition) is 3. The zero-order valence-electron chi connectivity index (χ0n) is 15.8. The number of unbranched alkanes of at least 4 members (excludes halogenated alkanes) is 2. The van der Waals surface area contributed by atoms with Crippen molar-refractivity contribution in [2.75, 3.05) is 13.7 Å². The first-order valence-corrected chi connectivity index (χ1v) is 9.45. The van der Waals surface area contributed by atoms with E-state index >= 15 is 0 Å². The molecule has 1 aromatic carbocycles. The quantitative estimate of drug-likeness (QED) is 0.377. The van der Waals surface area contributed by atoms with Crippen molar-refractivity contribution in [3.05, 3.63) is 59.7 Å². The summed E-state index contributed by atoms with van der Waals surface area (Å²) in [5.41, 5.74) is 1.66. The molecule has 1 atom stereocenters. The fourth-order valence-corrected chi connectivity index (χ4v) is 3.11. The number of carbonyl (C=O) groups is 2. The number of esters is 1. The average Bonchev–Trinajstić information content (AvgIpc) is 3.02. The predicted molar refractivity (Wildman–Crippen MR) is 104 cm³/mol. The van der Waals surface area contributed by atoms with Crippen LogP contribution in [0.1, 0.15) is 54.9 Å². The molecule has 0 N–H and O–H groups in total. The van der Waals surface area contributed by atoms with Crippen LogP contribution in [0.5, 0.6) is 0 Å². The van der Waals surface area contributed by atoms with Gasteiger partial charge in [0.15, 0.2) is 0 Å². The Morgan fingerprint density at radius 2 is 2.04 bits per heavy atom. The molecule has 0 aromatic heterocycles. The SMILES string of the molecule is CCCC/C=C/C=C/[C@H]1CCC(=O)N1CCc1ccc(C(=O)OC)cc1. The Labute approximate surface area is 156 Å². The monoisotopic (exact) mass is 355 g/mol. The Morgan fingerprint density at radius 3 is 2.73 bits per heavy atom. The maximum Gasteiger partial charge on any atom is 0.337 e. The number of carbonyl (C=O) groups excluding carboxylic acids is 2. The van der Waals surface area contributed by atoms with Crippen molar-refractivity contribution in [1.82, 2.24) is 4.90 Å². The van der Waals surface area contributed by atoms with Crippen LogP contribution in [0.3, 0.4) is 0 Å². The van der Waals surface area contributed by atoms with Crippen LogP contribution in [0.4, 0.5) is 0 Å². The van der Waals surface area contributed by atoms with Gasteiger partial charge in [-0.3, -0.25) is 4.79 Å². The third-order valence-electron chi connectivity index (χ3n) is 4.70. The van der Waals surface area contributed by atoms with Gasteiger partial charge >= 0.3 is 5.97 Å². The summed E-state index contributed by atoms with van der Waals surface area (Å²) in [5, 5.41) is 0. The molecule has 0 aliphatic carbocycles. The molecule has 0 saturated carbocycles. The largest absolute Gasteiger partial charge is 0.465 e. The van der Waals surface area contributed by atoms with Crippen LogP contribution in [0.2, 0.25) is 0 Å². The van der Waals surface area contributed by atoms with E-state index in [0.717, 1.165) is 24.8 Å². The molecular formula is C22H29NO3. The minimum absolute atomic E-state index is 0.188. The number of amides is 1. The highest BCUT2D eigenvalue weighted by atomic mass is 16.5. The van der Waals surface area contributed by atoms with Gasteiger partial charge in [-0.15, -0.1) is 0 Å². The molecule has 0 unspecified atom stereocenters. The van der Waals surface area contributed by atoms with Crippen molar-refractivity contribution in [1.29, 1.82) is 0 Å². The first-order valence-electron chi connectivity index (χ1n) is 9.45. The highest BCUT2D eigenvalue weighted by Crippen LogP contribution is 2.20. The maximum absolute atomic E-state index is 12.2. The lowest BCUT2D eigenvalue weighted by Crippen LogP contribution is -2.33. The van der Waals surface area contributed by atoms with Gasteiger partial charge in [0.25, 0.3) is 0 Å². The van der Waals surface area contributed by atoms with E-state index in [1.807, 2.05) is 17.0 Å². The number of hydrogen-bond donors (Lipinski definition) is 0. The van der Waals surface area contributed by atoms with Gasteiger partial charge in [0.1, 0.15) is 0 Å². The van der Waals surface area contributed by atoms with Gasteiger partial charge < -0.3 is 9.64 Å². The normalized spacial score (nSPS) is 17.5. The molecule has 0 spiro atoms. The summed E-state index contributed by atoms with van der Waals surface area (Å²) < 4.78 is 4.71. The van der Waals surface area contributed by atoms with Gasteiger partial charge in [0, 0.05) is 13.0 Å². The summed E-state index contributed by atoms with van der Waals surface area (Å²) in [5.74, 6) is -0.107. The summed E-state index contributed by atoms with van der Waals surface area (Å²) in [6.07, 6.45) is 14.3.